The molecule has 158 valence electrons. The van der Waals surface area contributed by atoms with Crippen LogP contribution in [0, 0.1) is 6.92 Å². The molecule has 0 atom stereocenters. The van der Waals surface area contributed by atoms with Gasteiger partial charge in [0, 0.05) is 18.7 Å². The summed E-state index contributed by atoms with van der Waals surface area (Å²) < 4.78 is 12.9. The fourth-order valence-corrected chi connectivity index (χ4v) is 3.06. The van der Waals surface area contributed by atoms with E-state index in [1.54, 1.807) is 18.2 Å². The molecule has 0 unspecified atom stereocenters. The first-order valence-corrected chi connectivity index (χ1v) is 9.96. The Labute approximate surface area is 176 Å². The molecule has 3 rings (SSSR count). The fraction of sp³-hybridized carbons (Fsp3) is 0.391. The second-order valence-electron chi connectivity index (χ2n) is 8.18. The highest BCUT2D eigenvalue weighted by Gasteiger charge is 2.17. The molecule has 0 N–H and O–H groups in total. The minimum absolute atomic E-state index is 0.328. The lowest BCUT2D eigenvalue weighted by atomic mass is 10.1. The van der Waals surface area contributed by atoms with Gasteiger partial charge >= 0.3 is 5.97 Å². The van der Waals surface area contributed by atoms with E-state index in [-0.39, 0.29) is 5.97 Å². The van der Waals surface area contributed by atoms with E-state index in [0.29, 0.717) is 30.9 Å². The standard InChI is InChI=1S/C23H27N3O4/c1-16-19(14-27)10-11-20-21(16)24-25-26(20)12-5-13-29-15-17-6-8-18(9-7-17)22(28)30-23(2,3)4/h6-11,14H,5,12-13,15H2,1-4H3. The number of carbonyl (C=O) groups excluding carboxylic acids is 2. The van der Waals surface area contributed by atoms with E-state index in [1.807, 2.05) is 50.6 Å². The summed E-state index contributed by atoms with van der Waals surface area (Å²) in [6, 6.07) is 10.9. The summed E-state index contributed by atoms with van der Waals surface area (Å²) >= 11 is 0. The van der Waals surface area contributed by atoms with Crippen molar-refractivity contribution in [2.45, 2.75) is 52.9 Å². The minimum atomic E-state index is -0.510. The Morgan fingerprint density at radius 2 is 1.87 bits per heavy atom. The van der Waals surface area contributed by atoms with Gasteiger partial charge < -0.3 is 9.47 Å². The average Bonchev–Trinajstić information content (AvgIpc) is 3.11. The van der Waals surface area contributed by atoms with Crippen LogP contribution in [0.2, 0.25) is 0 Å². The number of benzene rings is 2. The van der Waals surface area contributed by atoms with Gasteiger partial charge in [-0.1, -0.05) is 17.3 Å². The Balaban J connectivity index is 1.47. The molecule has 0 fully saturated rings. The summed E-state index contributed by atoms with van der Waals surface area (Å²) in [7, 11) is 0. The molecule has 0 bridgehead atoms. The monoisotopic (exact) mass is 409 g/mol. The Bertz CT molecular complexity index is 1030. The molecule has 30 heavy (non-hydrogen) atoms. The normalized spacial score (nSPS) is 11.6. The first-order chi connectivity index (χ1) is 14.3. The number of nitrogens with zero attached hydrogens (tertiary/aromatic N) is 3. The van der Waals surface area contributed by atoms with Gasteiger partial charge in [0.15, 0.2) is 0 Å². The van der Waals surface area contributed by atoms with Crippen molar-refractivity contribution in [1.82, 2.24) is 15.0 Å². The Kier molecular flexibility index (Phi) is 6.62. The molecule has 0 saturated carbocycles. The summed E-state index contributed by atoms with van der Waals surface area (Å²) in [4.78, 5) is 23.1. The van der Waals surface area contributed by atoms with Crippen molar-refractivity contribution in [1.29, 1.82) is 0 Å². The topological polar surface area (TPSA) is 83.3 Å². The molecule has 2 aromatic carbocycles. The van der Waals surface area contributed by atoms with Crippen molar-refractivity contribution < 1.29 is 19.1 Å². The lowest BCUT2D eigenvalue weighted by molar-refractivity contribution is 0.00693. The van der Waals surface area contributed by atoms with Crippen LogP contribution in [0.4, 0.5) is 0 Å². The van der Waals surface area contributed by atoms with Gasteiger partial charge in [0.1, 0.15) is 17.4 Å². The molecular weight excluding hydrogens is 382 g/mol. The minimum Gasteiger partial charge on any atom is -0.456 e. The number of esters is 1. The highest BCUT2D eigenvalue weighted by atomic mass is 16.6. The van der Waals surface area contributed by atoms with Crippen LogP contribution < -0.4 is 0 Å². The molecule has 0 amide bonds. The highest BCUT2D eigenvalue weighted by Crippen LogP contribution is 2.19. The lowest BCUT2D eigenvalue weighted by Gasteiger charge is -2.19. The molecule has 0 radical (unpaired) electrons. The molecule has 0 aliphatic carbocycles. The summed E-state index contributed by atoms with van der Waals surface area (Å²) in [5, 5.41) is 8.38. The maximum absolute atomic E-state index is 12.0. The van der Waals surface area contributed by atoms with Gasteiger partial charge in [-0.15, -0.1) is 5.10 Å². The largest absolute Gasteiger partial charge is 0.456 e. The van der Waals surface area contributed by atoms with Gasteiger partial charge in [0.05, 0.1) is 17.7 Å². The number of aryl methyl sites for hydroxylation is 2. The lowest BCUT2D eigenvalue weighted by Crippen LogP contribution is -2.23. The van der Waals surface area contributed by atoms with E-state index in [9.17, 15) is 9.59 Å². The maximum atomic E-state index is 12.0. The zero-order valence-corrected chi connectivity index (χ0v) is 17.8. The van der Waals surface area contributed by atoms with E-state index in [2.05, 4.69) is 10.3 Å². The summed E-state index contributed by atoms with van der Waals surface area (Å²) in [5.74, 6) is -0.328. The van der Waals surface area contributed by atoms with Crippen molar-refractivity contribution in [3.05, 3.63) is 58.7 Å². The van der Waals surface area contributed by atoms with E-state index >= 15 is 0 Å². The zero-order valence-electron chi connectivity index (χ0n) is 17.8. The number of ether oxygens (including phenoxy) is 2. The number of rotatable bonds is 8. The number of carbonyl (C=O) groups is 2. The number of hydrogen-bond acceptors (Lipinski definition) is 6. The van der Waals surface area contributed by atoms with Crippen LogP contribution >= 0.6 is 0 Å². The summed E-state index contributed by atoms with van der Waals surface area (Å²) in [6.45, 7) is 9.13. The third-order valence-corrected chi connectivity index (χ3v) is 4.63. The van der Waals surface area contributed by atoms with E-state index in [0.717, 1.165) is 34.9 Å². The second-order valence-corrected chi connectivity index (χ2v) is 8.18. The molecule has 7 nitrogen and oxygen atoms in total. The molecule has 7 heteroatoms. The average molecular weight is 409 g/mol. The molecule has 0 aliphatic rings. The molecule has 0 saturated heterocycles. The van der Waals surface area contributed by atoms with Crippen molar-refractivity contribution in [2.24, 2.45) is 0 Å². The smallest absolute Gasteiger partial charge is 0.338 e. The molecule has 0 aliphatic heterocycles. The first-order valence-electron chi connectivity index (χ1n) is 9.96. The van der Waals surface area contributed by atoms with Crippen LogP contribution in [-0.4, -0.2) is 39.5 Å². The SMILES string of the molecule is Cc1c(C=O)ccc2c1nnn2CCCOCc1ccc(C(=O)OC(C)(C)C)cc1. The van der Waals surface area contributed by atoms with Crippen molar-refractivity contribution in [2.75, 3.05) is 6.61 Å². The third kappa shape index (κ3) is 5.30. The van der Waals surface area contributed by atoms with E-state index in [1.165, 1.54) is 0 Å². The Hall–Kier alpha value is -3.06. The van der Waals surface area contributed by atoms with Crippen LogP contribution in [0.15, 0.2) is 36.4 Å². The van der Waals surface area contributed by atoms with Crippen LogP contribution in [0.5, 0.6) is 0 Å². The number of aromatic nitrogens is 3. The second kappa shape index (κ2) is 9.17. The summed E-state index contributed by atoms with van der Waals surface area (Å²) in [5.41, 5.74) is 4.16. The van der Waals surface area contributed by atoms with E-state index < -0.39 is 5.60 Å². The van der Waals surface area contributed by atoms with Gasteiger partial charge in [-0.25, -0.2) is 9.48 Å². The van der Waals surface area contributed by atoms with Crippen molar-refractivity contribution >= 4 is 23.3 Å². The molecule has 0 spiro atoms. The molecule has 1 aromatic heterocycles. The number of hydrogen-bond donors (Lipinski definition) is 0. The predicted octanol–water partition coefficient (Wildman–Crippen LogP) is 4.11. The molecule has 3 aromatic rings. The van der Waals surface area contributed by atoms with Gasteiger partial charge in [-0.05, 0) is 69.5 Å². The zero-order chi connectivity index (χ0) is 21.7. The van der Waals surface area contributed by atoms with Gasteiger partial charge in [-0.3, -0.25) is 4.79 Å². The Morgan fingerprint density at radius 1 is 1.13 bits per heavy atom. The third-order valence-electron chi connectivity index (χ3n) is 4.63. The highest BCUT2D eigenvalue weighted by molar-refractivity contribution is 5.90. The number of aldehydes is 1. The van der Waals surface area contributed by atoms with Crippen LogP contribution in [0.3, 0.4) is 0 Å². The van der Waals surface area contributed by atoms with Crippen molar-refractivity contribution in [3.8, 4) is 0 Å². The molecular formula is C23H27N3O4. The van der Waals surface area contributed by atoms with E-state index in [4.69, 9.17) is 9.47 Å². The molecule has 1 heterocycles. The summed E-state index contributed by atoms with van der Waals surface area (Å²) in [6.07, 6.45) is 1.62. The van der Waals surface area contributed by atoms with Crippen LogP contribution in [0.25, 0.3) is 11.0 Å². The quantitative estimate of drug-likeness (QED) is 0.316. The Morgan fingerprint density at radius 3 is 2.53 bits per heavy atom. The first kappa shape index (κ1) is 21.6. The fourth-order valence-electron chi connectivity index (χ4n) is 3.06. The maximum Gasteiger partial charge on any atom is 0.338 e. The number of fused-ring (bicyclic) bond motifs is 1. The van der Waals surface area contributed by atoms with Gasteiger partial charge in [0.25, 0.3) is 0 Å². The predicted molar refractivity (Wildman–Crippen MR) is 114 cm³/mol. The van der Waals surface area contributed by atoms with Gasteiger partial charge in [0.2, 0.25) is 0 Å². The van der Waals surface area contributed by atoms with Crippen LogP contribution in [0.1, 0.15) is 59.0 Å². The van der Waals surface area contributed by atoms with Crippen LogP contribution in [-0.2, 0) is 22.6 Å². The van der Waals surface area contributed by atoms with Crippen molar-refractivity contribution in [3.63, 3.8) is 0 Å². The van der Waals surface area contributed by atoms with Gasteiger partial charge in [-0.2, -0.15) is 0 Å².